The number of rotatable bonds is 1. The van der Waals surface area contributed by atoms with Crippen molar-refractivity contribution in [1.82, 2.24) is 4.90 Å². The van der Waals surface area contributed by atoms with Gasteiger partial charge in [-0.1, -0.05) is 29.3 Å². The number of hydrogen-bond donors (Lipinski definition) is 1. The summed E-state index contributed by atoms with van der Waals surface area (Å²) in [5.41, 5.74) is 10.2. The van der Waals surface area contributed by atoms with Gasteiger partial charge >= 0.3 is 0 Å². The number of aryl methyl sites for hydroxylation is 2. The van der Waals surface area contributed by atoms with Gasteiger partial charge in [-0.25, -0.2) is 0 Å². The van der Waals surface area contributed by atoms with E-state index < -0.39 is 0 Å². The van der Waals surface area contributed by atoms with Crippen LogP contribution in [0.4, 0.5) is 0 Å². The summed E-state index contributed by atoms with van der Waals surface area (Å²) in [4.78, 5) is 2.31. The summed E-state index contributed by atoms with van der Waals surface area (Å²) in [6, 6.07) is 7.05. The Hall–Kier alpha value is -0.860. The van der Waals surface area contributed by atoms with Crippen LogP contribution in [0, 0.1) is 13.8 Å². The van der Waals surface area contributed by atoms with E-state index in [1.54, 1.807) is 0 Å². The van der Waals surface area contributed by atoms with Crippen LogP contribution in [-0.2, 0) is 0 Å². The van der Waals surface area contributed by atoms with Crippen molar-refractivity contribution < 1.29 is 0 Å². The second-order valence-corrected chi connectivity index (χ2v) is 4.91. The molecule has 2 rings (SSSR count). The van der Waals surface area contributed by atoms with Crippen molar-refractivity contribution >= 4 is 0 Å². The summed E-state index contributed by atoms with van der Waals surface area (Å²) in [7, 11) is 2.14. The third-order valence-corrected chi connectivity index (χ3v) is 3.22. The highest BCUT2D eigenvalue weighted by Crippen LogP contribution is 2.26. The molecule has 0 aromatic heterocycles. The molecule has 0 amide bonds. The van der Waals surface area contributed by atoms with E-state index in [0.29, 0.717) is 5.92 Å². The second kappa shape index (κ2) is 3.95. The summed E-state index contributed by atoms with van der Waals surface area (Å²) in [5, 5.41) is 0. The van der Waals surface area contributed by atoms with E-state index in [9.17, 15) is 0 Å². The molecule has 2 heteroatoms. The summed E-state index contributed by atoms with van der Waals surface area (Å²) in [6.45, 7) is 6.41. The minimum absolute atomic E-state index is 0.288. The molecule has 1 aliphatic heterocycles. The van der Waals surface area contributed by atoms with E-state index in [0.717, 1.165) is 13.1 Å². The molecule has 2 nitrogen and oxygen atoms in total. The van der Waals surface area contributed by atoms with Crippen molar-refractivity contribution in [3.8, 4) is 0 Å². The van der Waals surface area contributed by atoms with Gasteiger partial charge in [-0.2, -0.15) is 0 Å². The predicted molar refractivity (Wildman–Crippen MR) is 64.1 cm³/mol. The molecule has 0 radical (unpaired) electrons. The van der Waals surface area contributed by atoms with E-state index in [4.69, 9.17) is 5.73 Å². The molecule has 2 N–H and O–H groups in total. The molecule has 0 aliphatic carbocycles. The topological polar surface area (TPSA) is 29.3 Å². The fraction of sp³-hybridized carbons (Fsp3) is 0.538. The summed E-state index contributed by atoms with van der Waals surface area (Å²) >= 11 is 0. The third kappa shape index (κ3) is 2.21. The second-order valence-electron chi connectivity index (χ2n) is 4.91. The van der Waals surface area contributed by atoms with E-state index >= 15 is 0 Å². The van der Waals surface area contributed by atoms with Gasteiger partial charge in [-0.05, 0) is 26.5 Å². The zero-order valence-corrected chi connectivity index (χ0v) is 9.83. The summed E-state index contributed by atoms with van der Waals surface area (Å²) in [5.74, 6) is 0.508. The van der Waals surface area contributed by atoms with Crippen molar-refractivity contribution in [3.63, 3.8) is 0 Å². The smallest absolute Gasteiger partial charge is 0.0249 e. The average molecular weight is 204 g/mol. The number of likely N-dealkylation sites (tertiary alicyclic amines) is 1. The normalized spacial score (nSPS) is 27.2. The fourth-order valence-electron chi connectivity index (χ4n) is 2.61. The molecule has 0 spiro atoms. The molecular weight excluding hydrogens is 184 g/mol. The van der Waals surface area contributed by atoms with Crippen LogP contribution in [0.25, 0.3) is 0 Å². The molecule has 0 saturated carbocycles. The number of benzene rings is 1. The largest absolute Gasteiger partial charge is 0.326 e. The highest BCUT2D eigenvalue weighted by atomic mass is 15.1. The van der Waals surface area contributed by atoms with Crippen molar-refractivity contribution in [1.29, 1.82) is 0 Å². The van der Waals surface area contributed by atoms with Crippen molar-refractivity contribution in [2.24, 2.45) is 5.73 Å². The zero-order chi connectivity index (χ0) is 11.0. The first kappa shape index (κ1) is 10.7. The number of likely N-dealkylation sites (N-methyl/N-ethyl adjacent to an activating group) is 1. The molecule has 1 aromatic rings. The van der Waals surface area contributed by atoms with Crippen LogP contribution in [0.2, 0.25) is 0 Å². The Bertz CT molecular complexity index is 339. The van der Waals surface area contributed by atoms with Crippen LogP contribution in [0.1, 0.15) is 22.6 Å². The van der Waals surface area contributed by atoms with Crippen molar-refractivity contribution in [3.05, 3.63) is 34.9 Å². The lowest BCUT2D eigenvalue weighted by molar-refractivity contribution is 0.407. The molecule has 82 valence electrons. The Morgan fingerprint density at radius 2 is 1.73 bits per heavy atom. The maximum atomic E-state index is 6.16. The molecule has 1 saturated heterocycles. The van der Waals surface area contributed by atoms with Gasteiger partial charge < -0.3 is 10.6 Å². The quantitative estimate of drug-likeness (QED) is 0.754. The average Bonchev–Trinajstić information content (AvgIpc) is 2.43. The Labute approximate surface area is 92.1 Å². The van der Waals surface area contributed by atoms with Crippen LogP contribution < -0.4 is 5.73 Å². The fourth-order valence-corrected chi connectivity index (χ4v) is 2.61. The van der Waals surface area contributed by atoms with Gasteiger partial charge in [0, 0.05) is 25.0 Å². The van der Waals surface area contributed by atoms with Gasteiger partial charge in [0.15, 0.2) is 0 Å². The molecule has 0 bridgehead atoms. The Kier molecular flexibility index (Phi) is 2.81. The number of nitrogens with two attached hydrogens (primary N) is 1. The first-order chi connectivity index (χ1) is 7.06. The third-order valence-electron chi connectivity index (χ3n) is 3.22. The number of nitrogens with zero attached hydrogens (tertiary/aromatic N) is 1. The van der Waals surface area contributed by atoms with Crippen LogP contribution in [-0.4, -0.2) is 31.1 Å². The lowest BCUT2D eigenvalue weighted by Gasteiger charge is -2.16. The molecule has 1 aromatic carbocycles. The van der Waals surface area contributed by atoms with Gasteiger partial charge in [-0.3, -0.25) is 0 Å². The zero-order valence-electron chi connectivity index (χ0n) is 9.83. The lowest BCUT2D eigenvalue weighted by atomic mass is 9.92. The van der Waals surface area contributed by atoms with E-state index in [1.165, 1.54) is 16.7 Å². The Morgan fingerprint density at radius 3 is 2.20 bits per heavy atom. The molecule has 2 unspecified atom stereocenters. The Morgan fingerprint density at radius 1 is 1.13 bits per heavy atom. The van der Waals surface area contributed by atoms with Gasteiger partial charge in [0.1, 0.15) is 0 Å². The van der Waals surface area contributed by atoms with Crippen LogP contribution in [0.15, 0.2) is 18.2 Å². The van der Waals surface area contributed by atoms with Crippen molar-refractivity contribution in [2.75, 3.05) is 20.1 Å². The SMILES string of the molecule is Cc1cc(C)cc(C2CN(C)CC2N)c1. The molecule has 15 heavy (non-hydrogen) atoms. The summed E-state index contributed by atoms with van der Waals surface area (Å²) in [6.07, 6.45) is 0. The molecular formula is C13H20N2. The molecule has 1 heterocycles. The lowest BCUT2D eigenvalue weighted by Crippen LogP contribution is -2.27. The molecule has 1 aliphatic rings. The van der Waals surface area contributed by atoms with Crippen molar-refractivity contribution in [2.45, 2.75) is 25.8 Å². The maximum absolute atomic E-state index is 6.16. The first-order valence-corrected chi connectivity index (χ1v) is 5.58. The van der Waals surface area contributed by atoms with Gasteiger partial charge in [0.25, 0.3) is 0 Å². The highest BCUT2D eigenvalue weighted by molar-refractivity contribution is 5.32. The maximum Gasteiger partial charge on any atom is 0.0249 e. The minimum Gasteiger partial charge on any atom is -0.326 e. The summed E-state index contributed by atoms with van der Waals surface area (Å²) < 4.78 is 0. The monoisotopic (exact) mass is 204 g/mol. The van der Waals surface area contributed by atoms with E-state index in [-0.39, 0.29) is 6.04 Å². The molecule has 1 fully saturated rings. The van der Waals surface area contributed by atoms with Crippen LogP contribution in [0.3, 0.4) is 0 Å². The minimum atomic E-state index is 0.288. The van der Waals surface area contributed by atoms with Gasteiger partial charge in [0.2, 0.25) is 0 Å². The molecule has 2 atom stereocenters. The van der Waals surface area contributed by atoms with Crippen LogP contribution >= 0.6 is 0 Å². The first-order valence-electron chi connectivity index (χ1n) is 5.58. The van der Waals surface area contributed by atoms with Gasteiger partial charge in [-0.15, -0.1) is 0 Å². The standard InChI is InChI=1S/C13H20N2/c1-9-4-10(2)6-11(5-9)12-7-15(3)8-13(12)14/h4-6,12-13H,7-8,14H2,1-3H3. The van der Waals surface area contributed by atoms with Crippen LogP contribution in [0.5, 0.6) is 0 Å². The number of hydrogen-bond acceptors (Lipinski definition) is 2. The van der Waals surface area contributed by atoms with E-state index in [1.807, 2.05) is 0 Å². The van der Waals surface area contributed by atoms with Gasteiger partial charge in [0.05, 0.1) is 0 Å². The highest BCUT2D eigenvalue weighted by Gasteiger charge is 2.29. The predicted octanol–water partition coefficient (Wildman–Crippen LogP) is 1.66. The Balaban J connectivity index is 2.29. The van der Waals surface area contributed by atoms with E-state index in [2.05, 4.69) is 44.0 Å².